The summed E-state index contributed by atoms with van der Waals surface area (Å²) in [5.74, 6) is -0.273. The summed E-state index contributed by atoms with van der Waals surface area (Å²) >= 11 is 0. The molecule has 92 valence electrons. The lowest BCUT2D eigenvalue weighted by Gasteiger charge is -2.30. The van der Waals surface area contributed by atoms with E-state index in [4.69, 9.17) is 5.11 Å². The molecule has 0 saturated heterocycles. The molecule has 0 aromatic carbocycles. The summed E-state index contributed by atoms with van der Waals surface area (Å²) in [5, 5.41) is 8.72. The largest absolute Gasteiger partial charge is 0.480 e. The van der Waals surface area contributed by atoms with Crippen LogP contribution in [0.15, 0.2) is 0 Å². The second-order valence-corrected chi connectivity index (χ2v) is 4.71. The van der Waals surface area contributed by atoms with Crippen LogP contribution < -0.4 is 0 Å². The summed E-state index contributed by atoms with van der Waals surface area (Å²) in [7, 11) is 0. The van der Waals surface area contributed by atoms with Crippen molar-refractivity contribution >= 4 is 11.9 Å². The first-order chi connectivity index (χ1) is 7.54. The molecule has 1 aliphatic carbocycles. The third kappa shape index (κ3) is 3.51. The summed E-state index contributed by atoms with van der Waals surface area (Å²) in [6.45, 7) is 4.30. The number of carboxylic acid groups (broad SMARTS) is 1. The molecule has 0 spiro atoms. The van der Waals surface area contributed by atoms with Crippen molar-refractivity contribution in [2.45, 2.75) is 39.5 Å². The van der Waals surface area contributed by atoms with Crippen molar-refractivity contribution in [3.63, 3.8) is 0 Å². The monoisotopic (exact) mass is 227 g/mol. The highest BCUT2D eigenvalue weighted by atomic mass is 16.4. The van der Waals surface area contributed by atoms with E-state index in [0.717, 1.165) is 19.3 Å². The van der Waals surface area contributed by atoms with Gasteiger partial charge in [0, 0.05) is 12.5 Å². The van der Waals surface area contributed by atoms with Gasteiger partial charge in [-0.3, -0.25) is 9.59 Å². The van der Waals surface area contributed by atoms with Gasteiger partial charge in [0.25, 0.3) is 0 Å². The van der Waals surface area contributed by atoms with E-state index in [1.54, 1.807) is 0 Å². The lowest BCUT2D eigenvalue weighted by Crippen LogP contribution is -2.40. The molecule has 0 radical (unpaired) electrons. The molecule has 1 amide bonds. The van der Waals surface area contributed by atoms with Crippen molar-refractivity contribution in [2.75, 3.05) is 13.1 Å². The number of hydrogen-bond acceptors (Lipinski definition) is 2. The average Bonchev–Trinajstić information content (AvgIpc) is 2.24. The van der Waals surface area contributed by atoms with Crippen LogP contribution in [-0.4, -0.2) is 35.0 Å². The smallest absolute Gasteiger partial charge is 0.323 e. The molecule has 0 bridgehead atoms. The maximum absolute atomic E-state index is 12.1. The zero-order valence-electron chi connectivity index (χ0n) is 10.1. The molecule has 1 aliphatic rings. The van der Waals surface area contributed by atoms with E-state index in [-0.39, 0.29) is 18.4 Å². The zero-order valence-corrected chi connectivity index (χ0v) is 10.1. The molecular formula is C12H21NO3. The maximum Gasteiger partial charge on any atom is 0.323 e. The first-order valence-electron chi connectivity index (χ1n) is 6.05. The minimum atomic E-state index is -0.931. The third-order valence-corrected chi connectivity index (χ3v) is 3.31. The number of carbonyl (C=O) groups excluding carboxylic acids is 1. The topological polar surface area (TPSA) is 57.6 Å². The van der Waals surface area contributed by atoms with E-state index in [2.05, 4.69) is 6.92 Å². The number of carbonyl (C=O) groups is 2. The second-order valence-electron chi connectivity index (χ2n) is 4.71. The summed E-state index contributed by atoms with van der Waals surface area (Å²) in [6.07, 6.45) is 4.10. The van der Waals surface area contributed by atoms with Gasteiger partial charge in [-0.05, 0) is 25.7 Å². The van der Waals surface area contributed by atoms with Gasteiger partial charge in [0.15, 0.2) is 0 Å². The lowest BCUT2D eigenvalue weighted by atomic mass is 9.82. The van der Waals surface area contributed by atoms with Crippen LogP contribution in [0.3, 0.4) is 0 Å². The first-order valence-corrected chi connectivity index (χ1v) is 6.05. The molecule has 0 aliphatic heterocycles. The Morgan fingerprint density at radius 2 is 2.06 bits per heavy atom. The van der Waals surface area contributed by atoms with Gasteiger partial charge < -0.3 is 10.0 Å². The van der Waals surface area contributed by atoms with Gasteiger partial charge >= 0.3 is 5.97 Å². The molecule has 4 heteroatoms. The fourth-order valence-corrected chi connectivity index (χ4v) is 2.43. The van der Waals surface area contributed by atoms with Crippen LogP contribution in [0, 0.1) is 11.8 Å². The molecule has 2 atom stereocenters. The zero-order chi connectivity index (χ0) is 12.1. The molecular weight excluding hydrogens is 206 g/mol. The van der Waals surface area contributed by atoms with Crippen LogP contribution in [0.5, 0.6) is 0 Å². The van der Waals surface area contributed by atoms with Crippen molar-refractivity contribution in [3.05, 3.63) is 0 Å². The molecule has 1 saturated carbocycles. The minimum absolute atomic E-state index is 0.0245. The molecule has 0 aromatic rings. The first kappa shape index (κ1) is 13.0. The van der Waals surface area contributed by atoms with Crippen LogP contribution in [-0.2, 0) is 9.59 Å². The Balaban J connectivity index is 2.56. The summed E-state index contributed by atoms with van der Waals surface area (Å²) in [5.41, 5.74) is 0. The SMILES string of the molecule is CCN(CC(=O)O)C(=O)[C@H]1CCC[C@@H](C)C1. The number of aliphatic carboxylic acids is 1. The fourth-order valence-electron chi connectivity index (χ4n) is 2.43. The van der Waals surface area contributed by atoms with Gasteiger partial charge in [-0.1, -0.05) is 19.8 Å². The quantitative estimate of drug-likeness (QED) is 0.796. The van der Waals surface area contributed by atoms with Gasteiger partial charge in [-0.15, -0.1) is 0 Å². The van der Waals surface area contributed by atoms with E-state index < -0.39 is 5.97 Å². The van der Waals surface area contributed by atoms with E-state index in [1.807, 2.05) is 6.92 Å². The molecule has 1 rings (SSSR count). The lowest BCUT2D eigenvalue weighted by molar-refractivity contribution is -0.146. The molecule has 4 nitrogen and oxygen atoms in total. The van der Waals surface area contributed by atoms with Gasteiger partial charge in [-0.2, -0.15) is 0 Å². The van der Waals surface area contributed by atoms with E-state index in [1.165, 1.54) is 11.3 Å². The Kier molecular flexibility index (Phi) is 4.77. The minimum Gasteiger partial charge on any atom is -0.480 e. The Morgan fingerprint density at radius 1 is 1.38 bits per heavy atom. The van der Waals surface area contributed by atoms with Gasteiger partial charge in [-0.25, -0.2) is 0 Å². The van der Waals surface area contributed by atoms with Crippen LogP contribution in [0.25, 0.3) is 0 Å². The molecule has 0 aromatic heterocycles. The van der Waals surface area contributed by atoms with E-state index in [9.17, 15) is 9.59 Å². The summed E-state index contributed by atoms with van der Waals surface area (Å²) < 4.78 is 0. The second kappa shape index (κ2) is 5.87. The van der Waals surface area contributed by atoms with Crippen LogP contribution in [0.4, 0.5) is 0 Å². The highest BCUT2D eigenvalue weighted by Gasteiger charge is 2.28. The van der Waals surface area contributed by atoms with Crippen molar-refractivity contribution in [1.82, 2.24) is 4.90 Å². The van der Waals surface area contributed by atoms with Gasteiger partial charge in [0.2, 0.25) is 5.91 Å². The Hall–Kier alpha value is -1.06. The van der Waals surface area contributed by atoms with E-state index >= 15 is 0 Å². The average molecular weight is 227 g/mol. The van der Waals surface area contributed by atoms with Crippen LogP contribution in [0.2, 0.25) is 0 Å². The summed E-state index contributed by atoms with van der Waals surface area (Å²) in [4.78, 5) is 24.1. The van der Waals surface area contributed by atoms with Crippen molar-refractivity contribution < 1.29 is 14.7 Å². The third-order valence-electron chi connectivity index (χ3n) is 3.31. The molecule has 1 N–H and O–H groups in total. The number of amides is 1. The Labute approximate surface area is 96.6 Å². The van der Waals surface area contributed by atoms with Gasteiger partial charge in [0.05, 0.1) is 0 Å². The molecule has 16 heavy (non-hydrogen) atoms. The van der Waals surface area contributed by atoms with Crippen molar-refractivity contribution in [1.29, 1.82) is 0 Å². The van der Waals surface area contributed by atoms with Crippen molar-refractivity contribution in [2.24, 2.45) is 11.8 Å². The van der Waals surface area contributed by atoms with Gasteiger partial charge in [0.1, 0.15) is 6.54 Å². The molecule has 0 unspecified atom stereocenters. The highest BCUT2D eigenvalue weighted by Crippen LogP contribution is 2.29. The maximum atomic E-state index is 12.1. The fraction of sp³-hybridized carbons (Fsp3) is 0.833. The highest BCUT2D eigenvalue weighted by molar-refractivity contribution is 5.83. The molecule has 0 heterocycles. The standard InChI is InChI=1S/C12H21NO3/c1-3-13(8-11(14)15)12(16)10-6-4-5-9(2)7-10/h9-10H,3-8H2,1-2H3,(H,14,15)/t9-,10+/m1/s1. The number of likely N-dealkylation sites (N-methyl/N-ethyl adjacent to an activating group) is 1. The predicted octanol–water partition coefficient (Wildman–Crippen LogP) is 1.75. The number of rotatable bonds is 4. The Bertz CT molecular complexity index is 265. The predicted molar refractivity (Wildman–Crippen MR) is 61.0 cm³/mol. The van der Waals surface area contributed by atoms with E-state index in [0.29, 0.717) is 12.5 Å². The van der Waals surface area contributed by atoms with Crippen LogP contribution in [0.1, 0.15) is 39.5 Å². The molecule has 1 fully saturated rings. The number of hydrogen-bond donors (Lipinski definition) is 1. The summed E-state index contributed by atoms with van der Waals surface area (Å²) in [6, 6.07) is 0. The normalized spacial score (nSPS) is 25.1. The van der Waals surface area contributed by atoms with Crippen LogP contribution >= 0.6 is 0 Å². The van der Waals surface area contributed by atoms with Crippen molar-refractivity contribution in [3.8, 4) is 0 Å². The number of carboxylic acids is 1. The number of nitrogens with zero attached hydrogens (tertiary/aromatic N) is 1. The Morgan fingerprint density at radius 3 is 2.56 bits per heavy atom.